The molecule has 1 saturated heterocycles. The number of carbonyl (C=O) groups excluding carboxylic acids is 1. The van der Waals surface area contributed by atoms with Crippen molar-refractivity contribution in [3.8, 4) is 11.4 Å². The zero-order valence-corrected chi connectivity index (χ0v) is 20.7. The van der Waals surface area contributed by atoms with E-state index in [-0.39, 0.29) is 23.5 Å². The van der Waals surface area contributed by atoms with E-state index >= 15 is 0 Å². The van der Waals surface area contributed by atoms with Gasteiger partial charge in [-0.05, 0) is 56.9 Å². The van der Waals surface area contributed by atoms with Crippen molar-refractivity contribution >= 4 is 22.6 Å². The monoisotopic (exact) mass is 467 g/mol. The molecule has 1 saturated carbocycles. The number of halogens is 1. The highest BCUT2D eigenvalue weighted by Crippen LogP contribution is 2.53. The van der Waals surface area contributed by atoms with Crippen molar-refractivity contribution in [3.63, 3.8) is 0 Å². The van der Waals surface area contributed by atoms with Crippen molar-refractivity contribution in [1.82, 2.24) is 29.9 Å². The van der Waals surface area contributed by atoms with Gasteiger partial charge in [-0.3, -0.25) is 14.8 Å². The molecule has 2 aliphatic rings. The maximum absolute atomic E-state index is 14.3. The highest BCUT2D eigenvalue weighted by molar-refractivity contribution is 5.94. The minimum Gasteiger partial charge on any atom is -0.319 e. The number of carbonyl (C=O) groups is 1. The largest absolute Gasteiger partial charge is 0.322 e. The molecule has 0 bridgehead atoms. The van der Waals surface area contributed by atoms with E-state index < -0.39 is 5.67 Å². The zero-order chi connectivity index (χ0) is 24.3. The number of amides is 2. The van der Waals surface area contributed by atoms with Crippen molar-refractivity contribution in [2.45, 2.75) is 78.1 Å². The van der Waals surface area contributed by atoms with Gasteiger partial charge in [-0.15, -0.1) is 0 Å². The van der Waals surface area contributed by atoms with Gasteiger partial charge in [0.05, 0.1) is 35.8 Å². The van der Waals surface area contributed by atoms with Crippen LogP contribution in [0.4, 0.5) is 14.9 Å². The predicted octanol–water partition coefficient (Wildman–Crippen LogP) is 5.39. The number of urea groups is 1. The Bertz CT molecular complexity index is 1210. The van der Waals surface area contributed by atoms with Crippen molar-refractivity contribution in [2.24, 2.45) is 11.3 Å². The minimum absolute atomic E-state index is 0.00694. The predicted molar refractivity (Wildman–Crippen MR) is 130 cm³/mol. The van der Waals surface area contributed by atoms with Crippen molar-refractivity contribution in [3.05, 3.63) is 24.7 Å². The number of hydrogen-bond acceptors (Lipinski definition) is 4. The number of rotatable bonds is 4. The van der Waals surface area contributed by atoms with Crippen molar-refractivity contribution in [1.29, 1.82) is 0 Å². The van der Waals surface area contributed by atoms with E-state index in [0.29, 0.717) is 23.0 Å². The van der Waals surface area contributed by atoms with Crippen LogP contribution in [0, 0.1) is 11.3 Å². The fourth-order valence-corrected chi connectivity index (χ4v) is 5.22. The number of alkyl halides is 1. The SMILES string of the molecule is CC(C)(F)Cn1ncc2cnc(-c3[nH]ncc3NC(=O)N3CCC(C(C)(C)C)CC34CC4)cc21. The summed E-state index contributed by atoms with van der Waals surface area (Å²) in [7, 11) is 0. The fourth-order valence-electron chi connectivity index (χ4n) is 5.22. The number of piperidine rings is 1. The van der Waals surface area contributed by atoms with E-state index in [2.05, 4.69) is 46.4 Å². The maximum atomic E-state index is 14.3. The average molecular weight is 468 g/mol. The van der Waals surface area contributed by atoms with Crippen LogP contribution >= 0.6 is 0 Å². The van der Waals surface area contributed by atoms with E-state index in [1.165, 1.54) is 13.8 Å². The molecule has 0 aromatic carbocycles. The Balaban J connectivity index is 1.37. The second kappa shape index (κ2) is 7.78. The van der Waals surface area contributed by atoms with Gasteiger partial charge < -0.3 is 10.2 Å². The second-order valence-corrected chi connectivity index (χ2v) is 11.7. The first kappa shape index (κ1) is 22.8. The first-order chi connectivity index (χ1) is 16.0. The van der Waals surface area contributed by atoms with Crippen LogP contribution in [0.2, 0.25) is 0 Å². The van der Waals surface area contributed by atoms with Crippen LogP contribution in [0.5, 0.6) is 0 Å². The molecular weight excluding hydrogens is 433 g/mol. The molecule has 5 rings (SSSR count). The summed E-state index contributed by atoms with van der Waals surface area (Å²) in [6, 6.07) is 1.77. The Kier molecular flexibility index (Phi) is 5.22. The highest BCUT2D eigenvalue weighted by atomic mass is 19.1. The number of likely N-dealkylation sites (tertiary alicyclic amines) is 1. The Morgan fingerprint density at radius 3 is 2.68 bits per heavy atom. The normalized spacial score (nSPS) is 20.2. The lowest BCUT2D eigenvalue weighted by molar-refractivity contribution is 0.0740. The van der Waals surface area contributed by atoms with Gasteiger partial charge in [0, 0.05) is 23.7 Å². The van der Waals surface area contributed by atoms with Gasteiger partial charge in [0.15, 0.2) is 0 Å². The molecule has 4 heterocycles. The zero-order valence-electron chi connectivity index (χ0n) is 20.7. The van der Waals surface area contributed by atoms with Gasteiger partial charge in [-0.1, -0.05) is 20.8 Å². The van der Waals surface area contributed by atoms with Crippen LogP contribution < -0.4 is 5.32 Å². The summed E-state index contributed by atoms with van der Waals surface area (Å²) >= 11 is 0. The van der Waals surface area contributed by atoms with Crippen LogP contribution in [0.3, 0.4) is 0 Å². The Hall–Kier alpha value is -2.97. The van der Waals surface area contributed by atoms with E-state index in [1.807, 2.05) is 11.0 Å². The van der Waals surface area contributed by atoms with Crippen LogP contribution in [0.1, 0.15) is 60.3 Å². The summed E-state index contributed by atoms with van der Waals surface area (Å²) in [4.78, 5) is 19.9. The number of pyridine rings is 1. The number of aromatic nitrogens is 5. The smallest absolute Gasteiger partial charge is 0.319 e. The number of aromatic amines is 1. The molecular formula is C25H34FN7O. The van der Waals surface area contributed by atoms with Crippen LogP contribution in [0.15, 0.2) is 24.7 Å². The van der Waals surface area contributed by atoms with Gasteiger partial charge in [0.2, 0.25) is 0 Å². The molecule has 9 heteroatoms. The highest BCUT2D eigenvalue weighted by Gasteiger charge is 2.54. The molecule has 2 N–H and O–H groups in total. The molecule has 3 aromatic rings. The Morgan fingerprint density at radius 2 is 2.00 bits per heavy atom. The van der Waals surface area contributed by atoms with Gasteiger partial charge >= 0.3 is 6.03 Å². The summed E-state index contributed by atoms with van der Waals surface area (Å²) in [5, 5.41) is 15.3. The molecule has 34 heavy (non-hydrogen) atoms. The quantitative estimate of drug-likeness (QED) is 0.538. The average Bonchev–Trinajstić information content (AvgIpc) is 3.16. The lowest BCUT2D eigenvalue weighted by atomic mass is 9.72. The molecule has 8 nitrogen and oxygen atoms in total. The molecule has 0 radical (unpaired) electrons. The number of hydrogen-bond donors (Lipinski definition) is 2. The summed E-state index contributed by atoms with van der Waals surface area (Å²) in [6.45, 7) is 10.9. The van der Waals surface area contributed by atoms with Gasteiger partial charge in [0.25, 0.3) is 0 Å². The second-order valence-electron chi connectivity index (χ2n) is 11.7. The third-order valence-electron chi connectivity index (χ3n) is 7.39. The van der Waals surface area contributed by atoms with Gasteiger partial charge in [-0.25, -0.2) is 9.18 Å². The molecule has 3 aromatic heterocycles. The summed E-state index contributed by atoms with van der Waals surface area (Å²) in [5.41, 5.74) is 1.46. The lowest BCUT2D eigenvalue weighted by Crippen LogP contribution is -2.51. The molecule has 2 fully saturated rings. The van der Waals surface area contributed by atoms with Gasteiger partial charge in [-0.2, -0.15) is 10.2 Å². The number of anilines is 1. The molecule has 1 aliphatic carbocycles. The van der Waals surface area contributed by atoms with E-state index in [1.54, 1.807) is 23.3 Å². The van der Waals surface area contributed by atoms with Crippen LogP contribution in [0.25, 0.3) is 22.3 Å². The number of nitrogens with zero attached hydrogens (tertiary/aromatic N) is 5. The molecule has 1 aliphatic heterocycles. The Labute approximate surface area is 199 Å². The topological polar surface area (TPSA) is 91.7 Å². The van der Waals surface area contributed by atoms with Gasteiger partial charge in [0.1, 0.15) is 11.4 Å². The van der Waals surface area contributed by atoms with Crippen molar-refractivity contribution in [2.75, 3.05) is 11.9 Å². The minimum atomic E-state index is -1.39. The third kappa shape index (κ3) is 4.28. The standard InChI is InChI=1S/C25H34FN7O/c1-23(2,3)17-6-9-32(25(11-17)7-8-25)22(34)30-19-14-28-31-21(19)18-10-20-16(12-27-18)13-29-33(20)15-24(4,5)26/h10,12-14,17H,6-9,11,15H2,1-5H3,(H,28,31)(H,30,34). The maximum Gasteiger partial charge on any atom is 0.322 e. The van der Waals surface area contributed by atoms with Crippen molar-refractivity contribution < 1.29 is 9.18 Å². The molecule has 182 valence electrons. The Morgan fingerprint density at radius 1 is 1.24 bits per heavy atom. The molecule has 1 spiro atoms. The third-order valence-corrected chi connectivity index (χ3v) is 7.39. The summed E-state index contributed by atoms with van der Waals surface area (Å²) in [5.74, 6) is 0.624. The number of nitrogens with one attached hydrogen (secondary N) is 2. The van der Waals surface area contributed by atoms with Crippen LogP contribution in [-0.4, -0.2) is 53.6 Å². The number of H-pyrrole nitrogens is 1. The first-order valence-electron chi connectivity index (χ1n) is 12.1. The number of fused-ring (bicyclic) bond motifs is 1. The first-order valence-corrected chi connectivity index (χ1v) is 12.1. The molecule has 1 unspecified atom stereocenters. The summed E-state index contributed by atoms with van der Waals surface area (Å²) < 4.78 is 15.9. The van der Waals surface area contributed by atoms with E-state index in [9.17, 15) is 9.18 Å². The molecule has 1 atom stereocenters. The fraction of sp³-hybridized carbons (Fsp3) is 0.600. The lowest BCUT2D eigenvalue weighted by Gasteiger charge is -2.44. The van der Waals surface area contributed by atoms with Crippen LogP contribution in [-0.2, 0) is 6.54 Å². The van der Waals surface area contributed by atoms with E-state index in [4.69, 9.17) is 0 Å². The van der Waals surface area contributed by atoms with E-state index in [0.717, 1.165) is 43.1 Å². The molecule has 2 amide bonds. The summed E-state index contributed by atoms with van der Waals surface area (Å²) in [6.07, 6.45) is 9.23.